The van der Waals surface area contributed by atoms with Crippen LogP contribution in [0.5, 0.6) is 0 Å². The molecule has 1 heterocycles. The third-order valence-electron chi connectivity index (χ3n) is 5.45. The zero-order valence-corrected chi connectivity index (χ0v) is 20.8. The van der Waals surface area contributed by atoms with E-state index in [1.54, 1.807) is 24.3 Å². The Balaban J connectivity index is 0.000000771. The lowest BCUT2D eigenvalue weighted by molar-refractivity contribution is -0.494. The highest BCUT2D eigenvalue weighted by atomic mass is 19.5. The maximum Gasteiger partial charge on any atom is 0.673 e. The second kappa shape index (κ2) is 13.3. The molecule has 2 aliphatic rings. The molecule has 2 aromatic rings. The zero-order valence-electron chi connectivity index (χ0n) is 20.8. The van der Waals surface area contributed by atoms with Gasteiger partial charge in [-0.2, -0.15) is 5.26 Å². The number of nitrogens with zero attached hydrogens (tertiary/aromatic N) is 2. The second-order valence-corrected chi connectivity index (χ2v) is 8.38. The highest BCUT2D eigenvalue weighted by Crippen LogP contribution is 2.32. The lowest BCUT2D eigenvalue weighted by Crippen LogP contribution is -2.16. The van der Waals surface area contributed by atoms with Crippen molar-refractivity contribution in [2.45, 2.75) is 6.42 Å². The van der Waals surface area contributed by atoms with Gasteiger partial charge in [0, 0.05) is 17.7 Å². The van der Waals surface area contributed by atoms with E-state index < -0.39 is 7.25 Å². The summed E-state index contributed by atoms with van der Waals surface area (Å²) in [6.45, 7) is 0.674. The Morgan fingerprint density at radius 3 is 1.90 bits per heavy atom. The molecule has 0 atom stereocenters. The number of allylic oxidation sites excluding steroid dienone is 10. The third kappa shape index (κ3) is 9.70. The van der Waals surface area contributed by atoms with Gasteiger partial charge in [-0.05, 0) is 83.5 Å². The molecular weight excluding hydrogens is 517 g/mol. The summed E-state index contributed by atoms with van der Waals surface area (Å²) in [4.78, 5) is 0. The monoisotopic (exact) mass is 540 g/mol. The highest BCUT2D eigenvalue weighted by Gasteiger charge is 2.20. The zero-order chi connectivity index (χ0) is 28.4. The molecule has 1 aliphatic heterocycles. The van der Waals surface area contributed by atoms with E-state index in [2.05, 4.69) is 6.07 Å². The molecule has 0 saturated carbocycles. The molecule has 4 rings (SSSR count). The van der Waals surface area contributed by atoms with Crippen LogP contribution in [0.4, 0.5) is 26.0 Å². The number of rotatable bonds is 5. The Morgan fingerprint density at radius 2 is 1.36 bits per heavy atom. The molecule has 0 saturated heterocycles. The molecular formula is C29H23BF6N2O. The van der Waals surface area contributed by atoms with Crippen LogP contribution >= 0.6 is 0 Å². The van der Waals surface area contributed by atoms with Gasteiger partial charge >= 0.3 is 7.25 Å². The maximum atomic E-state index is 13.4. The third-order valence-corrected chi connectivity index (χ3v) is 5.45. The Morgan fingerprint density at radius 1 is 0.821 bits per heavy atom. The predicted molar refractivity (Wildman–Crippen MR) is 141 cm³/mol. The molecule has 1 aliphatic carbocycles. The first-order valence-electron chi connectivity index (χ1n) is 11.8. The van der Waals surface area contributed by atoms with E-state index in [0.29, 0.717) is 24.5 Å². The number of hydrogen-bond acceptors (Lipinski definition) is 2. The van der Waals surface area contributed by atoms with Crippen molar-refractivity contribution < 1.29 is 35.4 Å². The van der Waals surface area contributed by atoms with Crippen molar-refractivity contribution in [3.05, 3.63) is 131 Å². The first kappa shape index (κ1) is 29.0. The van der Waals surface area contributed by atoms with E-state index in [4.69, 9.17) is 10.00 Å². The van der Waals surface area contributed by atoms with E-state index in [-0.39, 0.29) is 11.6 Å². The summed E-state index contributed by atoms with van der Waals surface area (Å²) in [6, 6.07) is 14.5. The second-order valence-electron chi connectivity index (χ2n) is 8.38. The first-order chi connectivity index (χ1) is 18.5. The van der Waals surface area contributed by atoms with Crippen molar-refractivity contribution in [3.63, 3.8) is 0 Å². The van der Waals surface area contributed by atoms with Crippen LogP contribution in [0.25, 0.3) is 11.3 Å². The minimum atomic E-state index is -6.00. The van der Waals surface area contributed by atoms with E-state index in [9.17, 15) is 26.0 Å². The maximum absolute atomic E-state index is 13.4. The molecule has 0 aromatic heterocycles. The van der Waals surface area contributed by atoms with Gasteiger partial charge in [0.25, 0.3) is 0 Å². The summed E-state index contributed by atoms with van der Waals surface area (Å²) in [7, 11) is -4.04. The van der Waals surface area contributed by atoms with Crippen molar-refractivity contribution >= 4 is 24.3 Å². The van der Waals surface area contributed by atoms with Crippen LogP contribution in [0.3, 0.4) is 0 Å². The predicted octanol–water partition coefficient (Wildman–Crippen LogP) is 7.65. The molecule has 10 heteroatoms. The van der Waals surface area contributed by atoms with Crippen LogP contribution in [0.2, 0.25) is 0 Å². The number of nitriles is 1. The lowest BCUT2D eigenvalue weighted by atomic mass is 10.00. The summed E-state index contributed by atoms with van der Waals surface area (Å²) in [5, 5.41) is 8.77. The van der Waals surface area contributed by atoms with Gasteiger partial charge in [-0.3, -0.25) is 0 Å². The fourth-order valence-electron chi connectivity index (χ4n) is 3.53. The molecule has 2 aromatic carbocycles. The smallest absolute Gasteiger partial charge is 0.457 e. The van der Waals surface area contributed by atoms with Gasteiger partial charge in [-0.15, -0.1) is 0 Å². The van der Waals surface area contributed by atoms with Crippen LogP contribution in [-0.4, -0.2) is 31.1 Å². The Hall–Kier alpha value is -4.52. The van der Waals surface area contributed by atoms with Crippen LogP contribution in [0, 0.1) is 23.0 Å². The Kier molecular flexibility index (Phi) is 9.93. The lowest BCUT2D eigenvalue weighted by Gasteiger charge is -2.18. The quantitative estimate of drug-likeness (QED) is 0.222. The topological polar surface area (TPSA) is 36.0 Å². The summed E-state index contributed by atoms with van der Waals surface area (Å²) >= 11 is 0. The average molecular weight is 540 g/mol. The van der Waals surface area contributed by atoms with Crippen molar-refractivity contribution in [1.82, 2.24) is 0 Å². The Labute approximate surface area is 222 Å². The van der Waals surface area contributed by atoms with Crippen molar-refractivity contribution in [1.29, 1.82) is 5.26 Å². The number of hydrogen-bond donors (Lipinski definition) is 0. The number of benzene rings is 2. The van der Waals surface area contributed by atoms with E-state index in [1.165, 1.54) is 24.3 Å². The molecule has 0 amide bonds. The molecule has 39 heavy (non-hydrogen) atoms. The van der Waals surface area contributed by atoms with Crippen molar-refractivity contribution in [2.24, 2.45) is 0 Å². The highest BCUT2D eigenvalue weighted by molar-refractivity contribution is 6.50. The van der Waals surface area contributed by atoms with Gasteiger partial charge in [-0.25, -0.2) is 13.4 Å². The van der Waals surface area contributed by atoms with Crippen LogP contribution in [0.15, 0.2) is 108 Å². The van der Waals surface area contributed by atoms with Gasteiger partial charge < -0.3 is 22.0 Å². The van der Waals surface area contributed by atoms with E-state index in [0.717, 1.165) is 28.0 Å². The summed E-state index contributed by atoms with van der Waals surface area (Å²) < 4.78 is 74.0. The first-order valence-corrected chi connectivity index (χ1v) is 11.8. The van der Waals surface area contributed by atoms with Gasteiger partial charge in [0.15, 0.2) is 12.3 Å². The van der Waals surface area contributed by atoms with Crippen LogP contribution in [-0.2, 0) is 4.74 Å². The summed E-state index contributed by atoms with van der Waals surface area (Å²) in [5.41, 5.74) is 4.47. The van der Waals surface area contributed by atoms with Crippen molar-refractivity contribution in [2.75, 3.05) is 13.6 Å². The number of ether oxygens (including phenoxy) is 1. The molecule has 0 radical (unpaired) electrons. The fraction of sp³-hybridized carbons (Fsp3) is 0.103. The largest absolute Gasteiger partial charge is 0.673 e. The van der Waals surface area contributed by atoms with Crippen LogP contribution < -0.4 is 0 Å². The molecule has 3 nitrogen and oxygen atoms in total. The minimum Gasteiger partial charge on any atom is -0.457 e. The van der Waals surface area contributed by atoms with Gasteiger partial charge in [0.05, 0.1) is 12.5 Å². The summed E-state index contributed by atoms with van der Waals surface area (Å²) in [5.74, 6) is 0.567. The van der Waals surface area contributed by atoms with Crippen molar-refractivity contribution in [3.8, 4) is 6.07 Å². The molecule has 0 fully saturated rings. The van der Waals surface area contributed by atoms with Crippen LogP contribution in [0.1, 0.15) is 17.5 Å². The molecule has 0 unspecified atom stereocenters. The molecule has 0 bridgehead atoms. The van der Waals surface area contributed by atoms with E-state index in [1.807, 2.05) is 60.2 Å². The van der Waals surface area contributed by atoms with E-state index >= 15 is 0 Å². The normalized spacial score (nSPS) is 15.5. The van der Waals surface area contributed by atoms with Gasteiger partial charge in [-0.1, -0.05) is 18.2 Å². The Bertz CT molecular complexity index is 1410. The molecule has 200 valence electrons. The summed E-state index contributed by atoms with van der Waals surface area (Å²) in [6.07, 6.45) is 16.1. The SMILES string of the molecule is C[N+](CCC#N)=C1C=CC(=CC=C2C=C(c3ccc(F)cc3)C=C(c3ccc(F)cc3)O2)C=C1.F[B-](F)(F)F. The van der Waals surface area contributed by atoms with Gasteiger partial charge in [0.2, 0.25) is 0 Å². The standard InChI is InChI=1S/C29H23F2N2O.BF4/c1-33(18-2-17-32)27-14-3-21(4-15-27)5-16-28-19-24(22-6-10-25(30)11-7-22)20-29(34-28)23-8-12-26(31)13-9-23;2-1(3,4)5/h3-16,19-20H,2,18H2,1H3;/q+1;-1. The number of halogens is 6. The fourth-order valence-corrected chi connectivity index (χ4v) is 3.53. The molecule has 0 spiro atoms. The molecule has 0 N–H and O–H groups in total. The average Bonchev–Trinajstić information content (AvgIpc) is 2.90. The minimum absolute atomic E-state index is 0.301. The van der Waals surface area contributed by atoms with Gasteiger partial charge in [0.1, 0.15) is 30.2 Å².